The molecule has 0 saturated heterocycles. The van der Waals surface area contributed by atoms with Gasteiger partial charge < -0.3 is 0 Å². The first-order valence-electron chi connectivity index (χ1n) is 8.68. The molecule has 136 valence electrons. The molecule has 0 aliphatic rings. The van der Waals surface area contributed by atoms with Gasteiger partial charge in [-0.15, -0.1) is 0 Å². The fourth-order valence-corrected chi connectivity index (χ4v) is 4.15. The average Bonchev–Trinajstić information content (AvgIpc) is 2.91. The first kappa shape index (κ1) is 17.5. The largest absolute Gasteiger partial charge is 0.328 e. The molecule has 2 heterocycles. The number of aromatic nitrogens is 3. The minimum Gasteiger partial charge on any atom is -0.295 e. The van der Waals surface area contributed by atoms with Crippen LogP contribution in [0.1, 0.15) is 17.3 Å². The topological polar surface area (TPSA) is 56.9 Å². The lowest BCUT2D eigenvalue weighted by atomic mass is 10.1. The van der Waals surface area contributed by atoms with Gasteiger partial charge in [0.1, 0.15) is 0 Å². The number of hydrogen-bond acceptors (Lipinski definition) is 4. The highest BCUT2D eigenvalue weighted by molar-refractivity contribution is 8.00. The molecule has 5 nitrogen and oxygen atoms in total. The third-order valence-electron chi connectivity index (χ3n) is 4.80. The standard InChI is InChI=1S/C21H19N3O2S/c1-13(27-19-11-9-14-6-4-5-7-16(14)22-19)20(25)15-8-10-17-18(12-15)24(3)21(26)23(17)2/h4-13H,1-3H3. The molecule has 0 radical (unpaired) electrons. The van der Waals surface area contributed by atoms with Crippen LogP contribution >= 0.6 is 11.8 Å². The zero-order valence-electron chi connectivity index (χ0n) is 15.3. The van der Waals surface area contributed by atoms with E-state index in [0.717, 1.165) is 27.0 Å². The SMILES string of the molecule is CC(Sc1ccc2ccccc2n1)C(=O)c1ccc2c(c1)n(C)c(=O)n2C. The molecule has 1 atom stereocenters. The van der Waals surface area contributed by atoms with E-state index in [-0.39, 0.29) is 16.7 Å². The fourth-order valence-electron chi connectivity index (χ4n) is 3.24. The Morgan fingerprint density at radius 1 is 1.00 bits per heavy atom. The van der Waals surface area contributed by atoms with Gasteiger partial charge in [-0.05, 0) is 37.3 Å². The summed E-state index contributed by atoms with van der Waals surface area (Å²) >= 11 is 1.44. The molecule has 0 fully saturated rings. The van der Waals surface area contributed by atoms with E-state index in [2.05, 4.69) is 4.98 Å². The lowest BCUT2D eigenvalue weighted by Crippen LogP contribution is -2.19. The summed E-state index contributed by atoms with van der Waals surface area (Å²) in [6.07, 6.45) is 0. The van der Waals surface area contributed by atoms with Crippen molar-refractivity contribution in [3.05, 3.63) is 70.6 Å². The first-order chi connectivity index (χ1) is 13.0. The Morgan fingerprint density at radius 2 is 1.74 bits per heavy atom. The third kappa shape index (κ3) is 3.06. The number of rotatable bonds is 4. The van der Waals surface area contributed by atoms with E-state index in [0.29, 0.717) is 5.56 Å². The Balaban J connectivity index is 1.62. The van der Waals surface area contributed by atoms with Crippen LogP contribution in [0.25, 0.3) is 21.9 Å². The van der Waals surface area contributed by atoms with Crippen molar-refractivity contribution in [1.82, 2.24) is 14.1 Å². The summed E-state index contributed by atoms with van der Waals surface area (Å²) in [5.41, 5.74) is 3.00. The van der Waals surface area contributed by atoms with Gasteiger partial charge >= 0.3 is 5.69 Å². The summed E-state index contributed by atoms with van der Waals surface area (Å²) in [6, 6.07) is 17.3. The van der Waals surface area contributed by atoms with Crippen molar-refractivity contribution in [1.29, 1.82) is 0 Å². The molecule has 27 heavy (non-hydrogen) atoms. The average molecular weight is 377 g/mol. The maximum absolute atomic E-state index is 12.9. The van der Waals surface area contributed by atoms with E-state index in [1.54, 1.807) is 35.4 Å². The lowest BCUT2D eigenvalue weighted by Gasteiger charge is -2.11. The molecule has 0 aliphatic heterocycles. The summed E-state index contributed by atoms with van der Waals surface area (Å²) in [6.45, 7) is 1.89. The molecule has 0 amide bonds. The van der Waals surface area contributed by atoms with E-state index in [1.807, 2.05) is 49.4 Å². The summed E-state index contributed by atoms with van der Waals surface area (Å²) in [4.78, 5) is 29.6. The molecule has 4 rings (SSSR count). The highest BCUT2D eigenvalue weighted by Crippen LogP contribution is 2.27. The number of Topliss-reactive ketones (excluding diaryl/α,β-unsaturated/α-hetero) is 1. The summed E-state index contributed by atoms with van der Waals surface area (Å²) in [5.74, 6) is 0.0214. The van der Waals surface area contributed by atoms with Crippen molar-refractivity contribution >= 4 is 39.5 Å². The van der Waals surface area contributed by atoms with Crippen LogP contribution in [0.5, 0.6) is 0 Å². The van der Waals surface area contributed by atoms with Gasteiger partial charge in [0.05, 0.1) is 26.8 Å². The second-order valence-corrected chi connectivity index (χ2v) is 7.93. The van der Waals surface area contributed by atoms with E-state index in [9.17, 15) is 9.59 Å². The first-order valence-corrected chi connectivity index (χ1v) is 9.56. The number of para-hydroxylation sites is 1. The number of nitrogens with zero attached hydrogens (tertiary/aromatic N) is 3. The Labute approximate surface area is 160 Å². The van der Waals surface area contributed by atoms with Gasteiger partial charge in [-0.25, -0.2) is 9.78 Å². The van der Waals surface area contributed by atoms with E-state index in [1.165, 1.54) is 11.8 Å². The maximum atomic E-state index is 12.9. The van der Waals surface area contributed by atoms with Crippen LogP contribution in [0.15, 0.2) is 64.4 Å². The maximum Gasteiger partial charge on any atom is 0.328 e. The predicted molar refractivity (Wildman–Crippen MR) is 110 cm³/mol. The molecule has 6 heteroatoms. The number of fused-ring (bicyclic) bond motifs is 2. The number of aryl methyl sites for hydroxylation is 2. The van der Waals surface area contributed by atoms with E-state index < -0.39 is 0 Å². The number of benzene rings is 2. The summed E-state index contributed by atoms with van der Waals surface area (Å²) in [7, 11) is 3.45. The van der Waals surface area contributed by atoms with Crippen LogP contribution in [-0.2, 0) is 14.1 Å². The van der Waals surface area contributed by atoms with Gasteiger partial charge in [0.15, 0.2) is 5.78 Å². The summed E-state index contributed by atoms with van der Waals surface area (Å²) in [5, 5.41) is 1.62. The van der Waals surface area contributed by atoms with Crippen LogP contribution in [0.2, 0.25) is 0 Å². The van der Waals surface area contributed by atoms with Gasteiger partial charge in [-0.1, -0.05) is 36.0 Å². The second-order valence-electron chi connectivity index (χ2n) is 6.57. The van der Waals surface area contributed by atoms with Crippen molar-refractivity contribution in [3.63, 3.8) is 0 Å². The highest BCUT2D eigenvalue weighted by atomic mass is 32.2. The predicted octanol–water partition coefficient (Wildman–Crippen LogP) is 3.79. The van der Waals surface area contributed by atoms with Gasteiger partial charge in [0.25, 0.3) is 0 Å². The van der Waals surface area contributed by atoms with Crippen LogP contribution in [-0.4, -0.2) is 25.2 Å². The minimum absolute atomic E-state index is 0.0214. The van der Waals surface area contributed by atoms with Crippen molar-refractivity contribution in [3.8, 4) is 0 Å². The molecule has 0 N–H and O–H groups in total. The van der Waals surface area contributed by atoms with Crippen LogP contribution in [0.3, 0.4) is 0 Å². The van der Waals surface area contributed by atoms with Crippen molar-refractivity contribution in [2.75, 3.05) is 0 Å². The zero-order chi connectivity index (χ0) is 19.1. The molecule has 0 bridgehead atoms. The number of hydrogen-bond donors (Lipinski definition) is 0. The molecule has 2 aromatic heterocycles. The number of thioether (sulfide) groups is 1. The fraction of sp³-hybridized carbons (Fsp3) is 0.190. The van der Waals surface area contributed by atoms with E-state index in [4.69, 9.17) is 0 Å². The smallest absolute Gasteiger partial charge is 0.295 e. The quantitative estimate of drug-likeness (QED) is 0.401. The molecule has 0 spiro atoms. The minimum atomic E-state index is -0.281. The molecule has 4 aromatic rings. The second kappa shape index (κ2) is 6.70. The number of pyridine rings is 1. The molecular formula is C21H19N3O2S. The van der Waals surface area contributed by atoms with Crippen LogP contribution in [0, 0.1) is 0 Å². The Bertz CT molecular complexity index is 1240. The summed E-state index contributed by atoms with van der Waals surface area (Å²) < 4.78 is 3.15. The van der Waals surface area contributed by atoms with Crippen molar-refractivity contribution < 1.29 is 4.79 Å². The van der Waals surface area contributed by atoms with Crippen LogP contribution in [0.4, 0.5) is 0 Å². The molecule has 0 aliphatic carbocycles. The number of carbonyl (C=O) groups is 1. The van der Waals surface area contributed by atoms with Gasteiger partial charge in [0.2, 0.25) is 0 Å². The Morgan fingerprint density at radius 3 is 2.56 bits per heavy atom. The van der Waals surface area contributed by atoms with Gasteiger partial charge in [-0.2, -0.15) is 0 Å². The van der Waals surface area contributed by atoms with Gasteiger partial charge in [0, 0.05) is 25.0 Å². The molecular weight excluding hydrogens is 358 g/mol. The third-order valence-corrected chi connectivity index (χ3v) is 5.83. The monoisotopic (exact) mass is 377 g/mol. The highest BCUT2D eigenvalue weighted by Gasteiger charge is 2.19. The van der Waals surface area contributed by atoms with Gasteiger partial charge in [-0.3, -0.25) is 13.9 Å². The lowest BCUT2D eigenvalue weighted by molar-refractivity contribution is 0.0994. The Hall–Kier alpha value is -2.86. The normalized spacial score (nSPS) is 12.6. The molecule has 1 unspecified atom stereocenters. The number of carbonyl (C=O) groups excluding carboxylic acids is 1. The molecule has 0 saturated carbocycles. The van der Waals surface area contributed by atoms with E-state index >= 15 is 0 Å². The number of imidazole rings is 1. The number of ketones is 1. The van der Waals surface area contributed by atoms with Crippen molar-refractivity contribution in [2.24, 2.45) is 14.1 Å². The van der Waals surface area contributed by atoms with Crippen LogP contribution < -0.4 is 5.69 Å². The van der Waals surface area contributed by atoms with Crippen molar-refractivity contribution in [2.45, 2.75) is 17.2 Å². The zero-order valence-corrected chi connectivity index (χ0v) is 16.2. The Kier molecular flexibility index (Phi) is 4.36. The molecule has 2 aromatic carbocycles.